The van der Waals surface area contributed by atoms with Crippen LogP contribution in [0, 0.1) is 0 Å². The molecule has 1 atom stereocenters. The molecule has 1 aromatic carbocycles. The van der Waals surface area contributed by atoms with Crippen molar-refractivity contribution in [2.24, 2.45) is 17.2 Å². The van der Waals surface area contributed by atoms with E-state index in [0.29, 0.717) is 19.7 Å². The first-order valence-corrected chi connectivity index (χ1v) is 10.7. The van der Waals surface area contributed by atoms with Crippen LogP contribution in [0.5, 0.6) is 0 Å². The topological polar surface area (TPSA) is 115 Å². The highest BCUT2D eigenvalue weighted by molar-refractivity contribution is 14.0. The number of nitrogens with one attached hydrogen (secondary N) is 1. The second-order valence-electron chi connectivity index (χ2n) is 6.61. The second kappa shape index (κ2) is 10.4. The van der Waals surface area contributed by atoms with Crippen LogP contribution in [0.25, 0.3) is 0 Å². The lowest BCUT2D eigenvalue weighted by molar-refractivity contribution is -0.00805. The van der Waals surface area contributed by atoms with Crippen LogP contribution in [-0.2, 0) is 28.4 Å². The third-order valence-electron chi connectivity index (χ3n) is 4.46. The van der Waals surface area contributed by atoms with Crippen molar-refractivity contribution in [1.29, 1.82) is 0 Å². The predicted octanol–water partition coefficient (Wildman–Crippen LogP) is 1.22. The number of aryl methyl sites for hydroxylation is 1. The van der Waals surface area contributed by atoms with Crippen molar-refractivity contribution in [1.82, 2.24) is 20.0 Å². The number of guanidine groups is 1. The van der Waals surface area contributed by atoms with Crippen molar-refractivity contribution in [3.05, 3.63) is 47.8 Å². The molecule has 1 fully saturated rings. The number of sulfonamides is 1. The van der Waals surface area contributed by atoms with Crippen molar-refractivity contribution in [2.45, 2.75) is 24.5 Å². The number of rotatable bonds is 5. The second-order valence-corrected chi connectivity index (χ2v) is 8.17. The van der Waals surface area contributed by atoms with Gasteiger partial charge in [0.05, 0.1) is 30.8 Å². The molecule has 2 aromatic rings. The summed E-state index contributed by atoms with van der Waals surface area (Å²) in [7, 11) is -1.80. The average molecular weight is 534 g/mol. The minimum Gasteiger partial charge on any atom is -0.370 e. The van der Waals surface area contributed by atoms with Gasteiger partial charge in [0, 0.05) is 31.9 Å². The molecule has 0 radical (unpaired) electrons. The standard InChI is InChI=1S/C18H26N6O3S.HI/c1-3-20-18(21-10-14-4-6-16(7-5-14)28(19,25)26)24-8-9-27-17(13-24)15-11-22-23(2)12-15;/h4-7,11-12,17H,3,8-10,13H2,1-2H3,(H,20,21)(H2,19,25,26);1H. The fourth-order valence-corrected chi connectivity index (χ4v) is 3.54. The first-order valence-electron chi connectivity index (χ1n) is 9.12. The number of aromatic nitrogens is 2. The molecule has 1 aliphatic rings. The Morgan fingerprint density at radius 2 is 2.10 bits per heavy atom. The van der Waals surface area contributed by atoms with Crippen LogP contribution in [0.15, 0.2) is 46.5 Å². The average Bonchev–Trinajstić information content (AvgIpc) is 3.11. The molecule has 29 heavy (non-hydrogen) atoms. The maximum atomic E-state index is 11.4. The Morgan fingerprint density at radius 1 is 1.38 bits per heavy atom. The summed E-state index contributed by atoms with van der Waals surface area (Å²) in [5, 5.41) is 12.7. The molecule has 0 amide bonds. The predicted molar refractivity (Wildman–Crippen MR) is 122 cm³/mol. The van der Waals surface area contributed by atoms with Gasteiger partial charge in [-0.2, -0.15) is 5.10 Å². The summed E-state index contributed by atoms with van der Waals surface area (Å²) in [5.74, 6) is 0.801. The molecular weight excluding hydrogens is 507 g/mol. The summed E-state index contributed by atoms with van der Waals surface area (Å²) in [4.78, 5) is 6.97. The molecule has 9 nitrogen and oxygen atoms in total. The Morgan fingerprint density at radius 3 is 2.69 bits per heavy atom. The molecule has 0 spiro atoms. The van der Waals surface area contributed by atoms with E-state index in [1.807, 2.05) is 26.4 Å². The fraction of sp³-hybridized carbons (Fsp3) is 0.444. The SMILES string of the molecule is CCNC(=NCc1ccc(S(N)(=O)=O)cc1)N1CCOC(c2cnn(C)c2)C1.I. The zero-order chi connectivity index (χ0) is 20.1. The summed E-state index contributed by atoms with van der Waals surface area (Å²) in [6.07, 6.45) is 3.73. The van der Waals surface area contributed by atoms with Crippen molar-refractivity contribution >= 4 is 40.0 Å². The third kappa shape index (κ3) is 6.39. The Bertz CT molecular complexity index is 929. The molecule has 2 heterocycles. The number of primary sulfonamides is 1. The number of hydrogen-bond acceptors (Lipinski definition) is 5. The van der Waals surface area contributed by atoms with Crippen LogP contribution >= 0.6 is 24.0 Å². The van der Waals surface area contributed by atoms with Gasteiger partial charge in [-0.1, -0.05) is 12.1 Å². The lowest BCUT2D eigenvalue weighted by atomic mass is 10.1. The number of benzene rings is 1. The van der Waals surface area contributed by atoms with E-state index in [0.717, 1.165) is 30.2 Å². The summed E-state index contributed by atoms with van der Waals surface area (Å²) < 4.78 is 30.4. The molecule has 0 aliphatic carbocycles. The quantitative estimate of drug-likeness (QED) is 0.339. The molecule has 1 aromatic heterocycles. The Hall–Kier alpha value is -1.70. The Labute approximate surface area is 188 Å². The minimum atomic E-state index is -3.68. The van der Waals surface area contributed by atoms with Gasteiger partial charge >= 0.3 is 0 Å². The Kier molecular flexibility index (Phi) is 8.43. The summed E-state index contributed by atoms with van der Waals surface area (Å²) in [5.41, 5.74) is 1.95. The van der Waals surface area contributed by atoms with E-state index in [1.165, 1.54) is 12.1 Å². The van der Waals surface area contributed by atoms with Crippen LogP contribution in [0.2, 0.25) is 0 Å². The number of aliphatic imine (C=N–C) groups is 1. The van der Waals surface area contributed by atoms with Crippen LogP contribution in [-0.4, -0.2) is 55.3 Å². The number of ether oxygens (including phenoxy) is 1. The van der Waals surface area contributed by atoms with Gasteiger partial charge in [-0.05, 0) is 24.6 Å². The van der Waals surface area contributed by atoms with E-state index >= 15 is 0 Å². The van der Waals surface area contributed by atoms with E-state index in [1.54, 1.807) is 16.8 Å². The molecule has 160 valence electrons. The molecular formula is C18H27IN6O3S. The maximum absolute atomic E-state index is 11.4. The zero-order valence-electron chi connectivity index (χ0n) is 16.5. The van der Waals surface area contributed by atoms with E-state index in [4.69, 9.17) is 14.9 Å². The van der Waals surface area contributed by atoms with Crippen molar-refractivity contribution in [2.75, 3.05) is 26.2 Å². The van der Waals surface area contributed by atoms with E-state index in [2.05, 4.69) is 15.3 Å². The van der Waals surface area contributed by atoms with Gasteiger partial charge in [0.15, 0.2) is 5.96 Å². The number of hydrogen-bond donors (Lipinski definition) is 2. The largest absolute Gasteiger partial charge is 0.370 e. The van der Waals surface area contributed by atoms with Gasteiger partial charge in [0.2, 0.25) is 10.0 Å². The molecule has 0 saturated carbocycles. The summed E-state index contributed by atoms with van der Waals surface area (Å²) in [6.45, 7) is 5.23. The lowest BCUT2D eigenvalue weighted by Gasteiger charge is -2.34. The first kappa shape index (κ1) is 23.6. The van der Waals surface area contributed by atoms with Gasteiger partial charge in [-0.3, -0.25) is 4.68 Å². The van der Waals surface area contributed by atoms with E-state index < -0.39 is 10.0 Å². The van der Waals surface area contributed by atoms with Crippen LogP contribution in [0.3, 0.4) is 0 Å². The first-order chi connectivity index (χ1) is 13.4. The number of nitrogens with zero attached hydrogens (tertiary/aromatic N) is 4. The highest BCUT2D eigenvalue weighted by Gasteiger charge is 2.25. The Balaban J connectivity index is 0.00000300. The van der Waals surface area contributed by atoms with Crippen LogP contribution in [0.1, 0.15) is 24.2 Å². The number of nitrogens with two attached hydrogens (primary N) is 1. The van der Waals surface area contributed by atoms with Gasteiger partial charge in [0.1, 0.15) is 6.10 Å². The van der Waals surface area contributed by atoms with E-state index in [-0.39, 0.29) is 35.0 Å². The zero-order valence-corrected chi connectivity index (χ0v) is 19.6. The highest BCUT2D eigenvalue weighted by Crippen LogP contribution is 2.21. The van der Waals surface area contributed by atoms with Gasteiger partial charge < -0.3 is 15.0 Å². The fourth-order valence-electron chi connectivity index (χ4n) is 3.03. The normalized spacial score (nSPS) is 17.7. The molecule has 1 saturated heterocycles. The van der Waals surface area contributed by atoms with Gasteiger partial charge in [0.25, 0.3) is 0 Å². The van der Waals surface area contributed by atoms with Gasteiger partial charge in [-0.25, -0.2) is 18.5 Å². The third-order valence-corrected chi connectivity index (χ3v) is 5.39. The van der Waals surface area contributed by atoms with Crippen molar-refractivity contribution in [3.8, 4) is 0 Å². The van der Waals surface area contributed by atoms with Crippen molar-refractivity contribution in [3.63, 3.8) is 0 Å². The number of morpholine rings is 1. The maximum Gasteiger partial charge on any atom is 0.238 e. The van der Waals surface area contributed by atoms with Crippen LogP contribution < -0.4 is 10.5 Å². The molecule has 1 unspecified atom stereocenters. The lowest BCUT2D eigenvalue weighted by Crippen LogP contribution is -2.48. The minimum absolute atomic E-state index is 0. The number of halogens is 1. The summed E-state index contributed by atoms with van der Waals surface area (Å²) >= 11 is 0. The molecule has 11 heteroatoms. The smallest absolute Gasteiger partial charge is 0.238 e. The monoisotopic (exact) mass is 534 g/mol. The van der Waals surface area contributed by atoms with E-state index in [9.17, 15) is 8.42 Å². The highest BCUT2D eigenvalue weighted by atomic mass is 127. The summed E-state index contributed by atoms with van der Waals surface area (Å²) in [6, 6.07) is 6.45. The molecule has 0 bridgehead atoms. The molecule has 1 aliphatic heterocycles. The van der Waals surface area contributed by atoms with Crippen LogP contribution in [0.4, 0.5) is 0 Å². The van der Waals surface area contributed by atoms with Gasteiger partial charge in [-0.15, -0.1) is 24.0 Å². The molecule has 3 N–H and O–H groups in total. The molecule has 3 rings (SSSR count). The van der Waals surface area contributed by atoms with Crippen molar-refractivity contribution < 1.29 is 13.2 Å².